The number of hydrogen-bond donors (Lipinski definition) is 3. The average molecular weight is 321 g/mol. The van der Waals surface area contributed by atoms with Crippen LogP contribution in [0.15, 0.2) is 22.0 Å². The number of aromatic amines is 1. The van der Waals surface area contributed by atoms with Crippen LogP contribution in [-0.2, 0) is 10.0 Å². The molecule has 0 saturated heterocycles. The predicted molar refractivity (Wildman–Crippen MR) is 75.2 cm³/mol. The molecule has 1 aliphatic carbocycles. The first-order valence-electron chi connectivity index (χ1n) is 6.43. The Morgan fingerprint density at radius 3 is 2.75 bits per heavy atom. The second kappa shape index (κ2) is 6.26. The second-order valence-corrected chi connectivity index (χ2v) is 7.17. The SMILES string of the molecule is O=c1[nH]cc(S(=O)(=O)NCC2CCCC2CO)cc1Cl. The third-order valence-corrected chi connectivity index (χ3v) is 5.41. The molecule has 2 atom stereocenters. The van der Waals surface area contributed by atoms with E-state index in [9.17, 15) is 18.3 Å². The Morgan fingerprint density at radius 2 is 2.10 bits per heavy atom. The first-order chi connectivity index (χ1) is 9.44. The minimum absolute atomic E-state index is 0.0688. The zero-order valence-electron chi connectivity index (χ0n) is 10.8. The summed E-state index contributed by atoms with van der Waals surface area (Å²) in [7, 11) is -3.70. The van der Waals surface area contributed by atoms with Gasteiger partial charge in [0.25, 0.3) is 5.56 Å². The van der Waals surface area contributed by atoms with E-state index in [-0.39, 0.29) is 34.9 Å². The van der Waals surface area contributed by atoms with Crippen molar-refractivity contribution in [3.05, 3.63) is 27.6 Å². The van der Waals surface area contributed by atoms with Gasteiger partial charge in [-0.1, -0.05) is 18.0 Å². The van der Waals surface area contributed by atoms with Gasteiger partial charge in [-0.3, -0.25) is 4.79 Å². The van der Waals surface area contributed by atoms with Crippen LogP contribution in [0.4, 0.5) is 0 Å². The fourth-order valence-electron chi connectivity index (χ4n) is 2.52. The van der Waals surface area contributed by atoms with E-state index >= 15 is 0 Å². The monoisotopic (exact) mass is 320 g/mol. The summed E-state index contributed by atoms with van der Waals surface area (Å²) in [6.07, 6.45) is 3.95. The molecule has 0 radical (unpaired) electrons. The van der Waals surface area contributed by atoms with Crippen molar-refractivity contribution in [2.75, 3.05) is 13.2 Å². The van der Waals surface area contributed by atoms with Crippen molar-refractivity contribution in [3.8, 4) is 0 Å². The highest BCUT2D eigenvalue weighted by Crippen LogP contribution is 2.30. The van der Waals surface area contributed by atoms with Gasteiger partial charge in [0, 0.05) is 19.3 Å². The molecule has 1 aromatic rings. The highest BCUT2D eigenvalue weighted by atomic mass is 35.5. The molecule has 2 unspecified atom stereocenters. The molecule has 0 spiro atoms. The predicted octanol–water partition coefficient (Wildman–Crippen LogP) is 0.715. The van der Waals surface area contributed by atoms with Gasteiger partial charge in [-0.05, 0) is 30.7 Å². The van der Waals surface area contributed by atoms with Crippen LogP contribution in [0.25, 0.3) is 0 Å². The largest absolute Gasteiger partial charge is 0.396 e. The lowest BCUT2D eigenvalue weighted by molar-refractivity contribution is 0.195. The summed E-state index contributed by atoms with van der Waals surface area (Å²) in [5, 5.41) is 9.05. The summed E-state index contributed by atoms with van der Waals surface area (Å²) < 4.78 is 26.7. The maximum absolute atomic E-state index is 12.1. The summed E-state index contributed by atoms with van der Waals surface area (Å²) in [6.45, 7) is 0.362. The van der Waals surface area contributed by atoms with E-state index in [0.29, 0.717) is 0 Å². The van der Waals surface area contributed by atoms with Crippen LogP contribution in [0, 0.1) is 11.8 Å². The topological polar surface area (TPSA) is 99.3 Å². The van der Waals surface area contributed by atoms with Crippen molar-refractivity contribution in [2.45, 2.75) is 24.2 Å². The molecule has 8 heteroatoms. The molecule has 0 amide bonds. The zero-order valence-corrected chi connectivity index (χ0v) is 12.4. The number of aromatic nitrogens is 1. The van der Waals surface area contributed by atoms with Crippen molar-refractivity contribution in [2.24, 2.45) is 11.8 Å². The summed E-state index contributed by atoms with van der Waals surface area (Å²) in [5.74, 6) is 0.296. The van der Waals surface area contributed by atoms with Crippen molar-refractivity contribution in [3.63, 3.8) is 0 Å². The molecule has 3 N–H and O–H groups in total. The molecule has 1 aromatic heterocycles. The van der Waals surface area contributed by atoms with Crippen molar-refractivity contribution >= 4 is 21.6 Å². The van der Waals surface area contributed by atoms with E-state index in [4.69, 9.17) is 11.6 Å². The minimum Gasteiger partial charge on any atom is -0.396 e. The Hall–Kier alpha value is -0.890. The number of nitrogens with one attached hydrogen (secondary N) is 2. The smallest absolute Gasteiger partial charge is 0.266 e. The van der Waals surface area contributed by atoms with Gasteiger partial charge in [0.2, 0.25) is 10.0 Å². The standard InChI is InChI=1S/C12H17ClN2O4S/c13-11-4-10(6-14-12(11)17)20(18,19)15-5-8-2-1-3-9(8)7-16/h4,6,8-9,15-16H,1-3,5,7H2,(H,14,17). The molecule has 0 aliphatic heterocycles. The highest BCUT2D eigenvalue weighted by molar-refractivity contribution is 7.89. The fraction of sp³-hybridized carbons (Fsp3) is 0.583. The van der Waals surface area contributed by atoms with Crippen molar-refractivity contribution in [1.29, 1.82) is 0 Å². The van der Waals surface area contributed by atoms with Gasteiger partial charge in [0.1, 0.15) is 5.02 Å². The third-order valence-electron chi connectivity index (χ3n) is 3.73. The van der Waals surface area contributed by atoms with E-state index in [1.807, 2.05) is 0 Å². The lowest BCUT2D eigenvalue weighted by Gasteiger charge is -2.17. The van der Waals surface area contributed by atoms with E-state index in [0.717, 1.165) is 31.5 Å². The first kappa shape index (κ1) is 15.5. The maximum Gasteiger partial charge on any atom is 0.266 e. The molecular formula is C12H17ClN2O4S. The average Bonchev–Trinajstić information content (AvgIpc) is 2.87. The lowest BCUT2D eigenvalue weighted by Crippen LogP contribution is -2.32. The van der Waals surface area contributed by atoms with E-state index in [1.165, 1.54) is 0 Å². The summed E-state index contributed by atoms with van der Waals surface area (Å²) in [6, 6.07) is 1.13. The normalized spacial score (nSPS) is 23.1. The number of rotatable bonds is 5. The van der Waals surface area contributed by atoms with Crippen molar-refractivity contribution in [1.82, 2.24) is 9.71 Å². The molecule has 20 heavy (non-hydrogen) atoms. The van der Waals surface area contributed by atoms with Gasteiger partial charge in [-0.15, -0.1) is 0 Å². The zero-order chi connectivity index (χ0) is 14.8. The van der Waals surface area contributed by atoms with Gasteiger partial charge in [0.05, 0.1) is 4.90 Å². The molecule has 112 valence electrons. The van der Waals surface area contributed by atoms with Crippen molar-refractivity contribution < 1.29 is 13.5 Å². The molecule has 1 fully saturated rings. The van der Waals surface area contributed by atoms with Crippen LogP contribution in [-0.4, -0.2) is 31.7 Å². The Bertz CT molecular complexity index is 629. The van der Waals surface area contributed by atoms with Crippen LogP contribution in [0.1, 0.15) is 19.3 Å². The molecule has 0 aromatic carbocycles. The minimum atomic E-state index is -3.70. The fourth-order valence-corrected chi connectivity index (χ4v) is 3.84. The Balaban J connectivity index is 2.07. The number of pyridine rings is 1. The third kappa shape index (κ3) is 3.41. The summed E-state index contributed by atoms with van der Waals surface area (Å²) >= 11 is 5.62. The molecule has 1 saturated carbocycles. The van der Waals surface area contributed by atoms with Crippen LogP contribution < -0.4 is 10.3 Å². The molecule has 0 bridgehead atoms. The molecular weight excluding hydrogens is 304 g/mol. The van der Waals surface area contributed by atoms with E-state index < -0.39 is 15.6 Å². The lowest BCUT2D eigenvalue weighted by atomic mass is 9.97. The number of aliphatic hydroxyl groups excluding tert-OH is 1. The van der Waals surface area contributed by atoms with Crippen LogP contribution in [0.5, 0.6) is 0 Å². The van der Waals surface area contributed by atoms with E-state index in [1.54, 1.807) is 0 Å². The molecule has 1 aliphatic rings. The number of halogens is 1. The number of hydrogen-bond acceptors (Lipinski definition) is 4. The maximum atomic E-state index is 12.1. The highest BCUT2D eigenvalue weighted by Gasteiger charge is 2.28. The summed E-state index contributed by atoms with van der Waals surface area (Å²) in [4.78, 5) is 13.3. The number of aliphatic hydroxyl groups is 1. The molecule has 2 rings (SSSR count). The van der Waals surface area contributed by atoms with Gasteiger partial charge in [-0.2, -0.15) is 0 Å². The van der Waals surface area contributed by atoms with Gasteiger partial charge in [0.15, 0.2) is 0 Å². The Morgan fingerprint density at radius 1 is 1.40 bits per heavy atom. The van der Waals surface area contributed by atoms with Crippen LogP contribution in [0.2, 0.25) is 5.02 Å². The summed E-state index contributed by atoms with van der Waals surface area (Å²) in [5.41, 5.74) is -0.526. The molecule has 6 nitrogen and oxygen atoms in total. The number of sulfonamides is 1. The molecule has 1 heterocycles. The van der Waals surface area contributed by atoms with Gasteiger partial charge < -0.3 is 10.1 Å². The van der Waals surface area contributed by atoms with Crippen LogP contribution in [0.3, 0.4) is 0 Å². The van der Waals surface area contributed by atoms with Gasteiger partial charge >= 0.3 is 0 Å². The number of H-pyrrole nitrogens is 1. The van der Waals surface area contributed by atoms with Crippen LogP contribution >= 0.6 is 11.6 Å². The second-order valence-electron chi connectivity index (χ2n) is 5.00. The Kier molecular flexibility index (Phi) is 4.85. The Labute approximate surface area is 122 Å². The first-order valence-corrected chi connectivity index (χ1v) is 8.29. The van der Waals surface area contributed by atoms with E-state index in [2.05, 4.69) is 9.71 Å². The van der Waals surface area contributed by atoms with Gasteiger partial charge in [-0.25, -0.2) is 13.1 Å². The quantitative estimate of drug-likeness (QED) is 0.744.